The zero-order valence-electron chi connectivity index (χ0n) is 9.52. The molecule has 16 heavy (non-hydrogen) atoms. The van der Waals surface area contributed by atoms with Crippen LogP contribution in [0.2, 0.25) is 0 Å². The third-order valence-electron chi connectivity index (χ3n) is 1.98. The minimum absolute atomic E-state index is 0. The van der Waals surface area contributed by atoms with E-state index in [1.54, 1.807) is 12.1 Å². The Morgan fingerprint density at radius 3 is 3.00 bits per heavy atom. The molecule has 2 N–H and O–H groups in total. The summed E-state index contributed by atoms with van der Waals surface area (Å²) in [7, 11) is 0. The molecule has 2 heteroatoms. The van der Waals surface area contributed by atoms with Crippen molar-refractivity contribution in [2.24, 2.45) is 0 Å². The van der Waals surface area contributed by atoms with Crippen LogP contribution in [0, 0.1) is 0 Å². The van der Waals surface area contributed by atoms with E-state index in [1.807, 2.05) is 43.4 Å². The highest BCUT2D eigenvalue weighted by Gasteiger charge is 1.95. The van der Waals surface area contributed by atoms with Gasteiger partial charge in [-0.15, -0.1) is 0 Å². The van der Waals surface area contributed by atoms with Gasteiger partial charge in [-0.2, -0.15) is 0 Å². The molecule has 0 aliphatic heterocycles. The highest BCUT2D eigenvalue weighted by Crippen LogP contribution is 2.15. The molecule has 0 heterocycles. The van der Waals surface area contributed by atoms with Crippen LogP contribution in [0.15, 0.2) is 60.7 Å². The van der Waals surface area contributed by atoms with Crippen LogP contribution in [-0.4, -0.2) is 6.61 Å². The van der Waals surface area contributed by atoms with Gasteiger partial charge >= 0.3 is 0 Å². The molecular weight excluding hydrogens is 198 g/mol. The number of hydrogen-bond donors (Lipinski definition) is 1. The molecule has 0 saturated carbocycles. The molecule has 0 saturated heterocycles. The Bertz CT molecular complexity index is 410. The minimum Gasteiger partial charge on any atom is -0.489 e. The van der Waals surface area contributed by atoms with Crippen molar-refractivity contribution in [3.63, 3.8) is 0 Å². The second kappa shape index (κ2) is 6.51. The van der Waals surface area contributed by atoms with Gasteiger partial charge in [0.15, 0.2) is 0 Å². The molecule has 1 rings (SSSR count). The van der Waals surface area contributed by atoms with E-state index in [-0.39, 0.29) is 1.43 Å². The Hall–Kier alpha value is -1.96. The van der Waals surface area contributed by atoms with E-state index >= 15 is 0 Å². The molecule has 1 aromatic rings. The normalized spacial score (nSPS) is 11.7. The van der Waals surface area contributed by atoms with Crippen molar-refractivity contribution in [3.8, 4) is 5.75 Å². The van der Waals surface area contributed by atoms with Gasteiger partial charge in [-0.05, 0) is 24.6 Å². The SMILES string of the molecule is C=C/C=C(\C=C/C)COc1cccc(N)c1.[HH]. The zero-order chi connectivity index (χ0) is 11.8. The van der Waals surface area contributed by atoms with Gasteiger partial charge in [0.1, 0.15) is 12.4 Å². The summed E-state index contributed by atoms with van der Waals surface area (Å²) in [5.74, 6) is 0.777. The summed E-state index contributed by atoms with van der Waals surface area (Å²) < 4.78 is 5.61. The maximum atomic E-state index is 5.66. The second-order valence-corrected chi connectivity index (χ2v) is 3.34. The van der Waals surface area contributed by atoms with E-state index in [0.717, 1.165) is 11.3 Å². The Balaban J connectivity index is 0.00000256. The average molecular weight is 217 g/mol. The highest BCUT2D eigenvalue weighted by molar-refractivity contribution is 5.43. The molecule has 0 spiro atoms. The number of benzene rings is 1. The fraction of sp³-hybridized carbons (Fsp3) is 0.143. The number of anilines is 1. The van der Waals surface area contributed by atoms with E-state index in [1.165, 1.54) is 0 Å². The molecule has 0 aliphatic carbocycles. The molecule has 0 aromatic heterocycles. The van der Waals surface area contributed by atoms with Gasteiger partial charge in [-0.1, -0.05) is 36.9 Å². The van der Waals surface area contributed by atoms with Gasteiger partial charge in [-0.3, -0.25) is 0 Å². The van der Waals surface area contributed by atoms with Crippen LogP contribution in [0.3, 0.4) is 0 Å². The van der Waals surface area contributed by atoms with Crippen molar-refractivity contribution in [1.29, 1.82) is 0 Å². The minimum atomic E-state index is 0. The van der Waals surface area contributed by atoms with Crippen molar-refractivity contribution in [1.82, 2.24) is 0 Å². The number of rotatable bonds is 5. The fourth-order valence-corrected chi connectivity index (χ4v) is 1.29. The average Bonchev–Trinajstić information content (AvgIpc) is 2.27. The first-order chi connectivity index (χ1) is 7.76. The third-order valence-corrected chi connectivity index (χ3v) is 1.98. The third kappa shape index (κ3) is 4.05. The number of allylic oxidation sites excluding steroid dienone is 3. The maximum Gasteiger partial charge on any atom is 0.121 e. The molecule has 0 atom stereocenters. The van der Waals surface area contributed by atoms with Crippen LogP contribution in [0.5, 0.6) is 5.75 Å². The first kappa shape index (κ1) is 12.1. The van der Waals surface area contributed by atoms with E-state index in [4.69, 9.17) is 10.5 Å². The molecule has 0 aliphatic rings. The van der Waals surface area contributed by atoms with E-state index in [0.29, 0.717) is 12.3 Å². The predicted molar refractivity (Wildman–Crippen MR) is 71.6 cm³/mol. The predicted octanol–water partition coefficient (Wildman–Crippen LogP) is 3.58. The first-order valence-corrected chi connectivity index (χ1v) is 5.19. The summed E-state index contributed by atoms with van der Waals surface area (Å²) in [5, 5.41) is 0. The molecule has 1 aromatic carbocycles. The van der Waals surface area contributed by atoms with Crippen LogP contribution < -0.4 is 10.5 Å². The van der Waals surface area contributed by atoms with Gasteiger partial charge in [0.05, 0.1) is 0 Å². The van der Waals surface area contributed by atoms with Gasteiger partial charge < -0.3 is 10.5 Å². The quantitative estimate of drug-likeness (QED) is 0.604. The highest BCUT2D eigenvalue weighted by atomic mass is 16.5. The molecule has 0 fully saturated rings. The van der Waals surface area contributed by atoms with E-state index < -0.39 is 0 Å². The standard InChI is InChI=1S/C14H17NO.H2/c1-3-6-12(7-4-2)11-16-14-9-5-8-13(15)10-14;/h3-10H,1,11,15H2,2H3;1H/b7-4-,12-6+;. The van der Waals surface area contributed by atoms with E-state index in [9.17, 15) is 0 Å². The van der Waals surface area contributed by atoms with E-state index in [2.05, 4.69) is 6.58 Å². The summed E-state index contributed by atoms with van der Waals surface area (Å²) in [5.41, 5.74) is 7.43. The van der Waals surface area contributed by atoms with Crippen LogP contribution in [0.1, 0.15) is 8.35 Å². The van der Waals surface area contributed by atoms with Gasteiger partial charge in [0.2, 0.25) is 0 Å². The molecule has 0 bridgehead atoms. The fourth-order valence-electron chi connectivity index (χ4n) is 1.29. The van der Waals surface area contributed by atoms with Crippen LogP contribution in [0.4, 0.5) is 5.69 Å². The molecule has 86 valence electrons. The van der Waals surface area contributed by atoms with Crippen molar-refractivity contribution in [3.05, 3.63) is 60.7 Å². The Morgan fingerprint density at radius 1 is 1.56 bits per heavy atom. The Labute approximate surface area is 98.2 Å². The van der Waals surface area contributed by atoms with Gasteiger partial charge in [-0.25, -0.2) is 0 Å². The van der Waals surface area contributed by atoms with Crippen LogP contribution >= 0.6 is 0 Å². The summed E-state index contributed by atoms with van der Waals surface area (Å²) >= 11 is 0. The number of nitrogens with two attached hydrogens (primary N) is 1. The summed E-state index contributed by atoms with van der Waals surface area (Å²) in [4.78, 5) is 0. The molecular formula is C14H19NO. The Morgan fingerprint density at radius 2 is 2.38 bits per heavy atom. The van der Waals surface area contributed by atoms with Crippen molar-refractivity contribution < 1.29 is 6.16 Å². The van der Waals surface area contributed by atoms with Gasteiger partial charge in [0, 0.05) is 13.2 Å². The summed E-state index contributed by atoms with van der Waals surface area (Å²) in [6, 6.07) is 7.40. The van der Waals surface area contributed by atoms with Crippen molar-refractivity contribution in [2.45, 2.75) is 6.92 Å². The summed E-state index contributed by atoms with van der Waals surface area (Å²) in [6.07, 6.45) is 7.64. The lowest BCUT2D eigenvalue weighted by molar-refractivity contribution is 0.356. The lowest BCUT2D eigenvalue weighted by Crippen LogP contribution is -1.99. The molecule has 2 nitrogen and oxygen atoms in total. The van der Waals surface area contributed by atoms with Crippen LogP contribution in [0.25, 0.3) is 0 Å². The topological polar surface area (TPSA) is 35.2 Å². The molecule has 0 radical (unpaired) electrons. The maximum absolute atomic E-state index is 5.66. The Kier molecular flexibility index (Phi) is 4.93. The smallest absolute Gasteiger partial charge is 0.121 e. The van der Waals surface area contributed by atoms with Crippen LogP contribution in [-0.2, 0) is 0 Å². The van der Waals surface area contributed by atoms with Crippen molar-refractivity contribution in [2.75, 3.05) is 12.3 Å². The monoisotopic (exact) mass is 217 g/mol. The lowest BCUT2D eigenvalue weighted by atomic mass is 10.2. The molecule has 0 amide bonds. The summed E-state index contributed by atoms with van der Waals surface area (Å²) in [6.45, 7) is 6.15. The lowest BCUT2D eigenvalue weighted by Gasteiger charge is -2.07. The second-order valence-electron chi connectivity index (χ2n) is 3.34. The number of hydrogen-bond acceptors (Lipinski definition) is 2. The number of ether oxygens (including phenoxy) is 1. The first-order valence-electron chi connectivity index (χ1n) is 5.19. The van der Waals surface area contributed by atoms with Crippen molar-refractivity contribution >= 4 is 5.69 Å². The van der Waals surface area contributed by atoms with Gasteiger partial charge in [0.25, 0.3) is 0 Å². The largest absolute Gasteiger partial charge is 0.489 e. The molecule has 0 unspecified atom stereocenters. The zero-order valence-corrected chi connectivity index (χ0v) is 9.52. The number of nitrogen functional groups attached to an aromatic ring is 1.